The first kappa shape index (κ1) is 9.22. The Bertz CT molecular complexity index is 485. The minimum absolute atomic E-state index is 0.563. The Hall–Kier alpha value is -1.02. The van der Waals surface area contributed by atoms with Crippen LogP contribution < -0.4 is 0 Å². The van der Waals surface area contributed by atoms with Crippen molar-refractivity contribution in [3.63, 3.8) is 0 Å². The quantitative estimate of drug-likeness (QED) is 0.771. The summed E-state index contributed by atoms with van der Waals surface area (Å²) in [5, 5.41) is 0. The van der Waals surface area contributed by atoms with Crippen molar-refractivity contribution in [2.45, 2.75) is 31.1 Å². The lowest BCUT2D eigenvalue weighted by Gasteiger charge is -2.22. The van der Waals surface area contributed by atoms with Gasteiger partial charge in [-0.3, -0.25) is 0 Å². The van der Waals surface area contributed by atoms with Gasteiger partial charge in [0.25, 0.3) is 0 Å². The van der Waals surface area contributed by atoms with Gasteiger partial charge in [-0.25, -0.2) is 4.98 Å². The van der Waals surface area contributed by atoms with Crippen LogP contribution in [-0.4, -0.2) is 9.97 Å². The molecule has 0 unspecified atom stereocenters. The van der Waals surface area contributed by atoms with Crippen LogP contribution in [0, 0.1) is 0 Å². The highest BCUT2D eigenvalue weighted by Gasteiger charge is 2.22. The maximum atomic E-state index is 5.80. The Labute approximate surface area is 93.7 Å². The van der Waals surface area contributed by atoms with Gasteiger partial charge in [0.15, 0.2) is 0 Å². The summed E-state index contributed by atoms with van der Waals surface area (Å²) >= 11 is 5.80. The highest BCUT2D eigenvalue weighted by atomic mass is 35.5. The zero-order chi connectivity index (χ0) is 10.3. The van der Waals surface area contributed by atoms with Crippen LogP contribution in [0.4, 0.5) is 0 Å². The number of imidazole rings is 1. The van der Waals surface area contributed by atoms with Crippen molar-refractivity contribution in [1.82, 2.24) is 9.97 Å². The topological polar surface area (TPSA) is 28.7 Å². The van der Waals surface area contributed by atoms with Crippen molar-refractivity contribution in [3.05, 3.63) is 29.6 Å². The third kappa shape index (κ3) is 1.53. The van der Waals surface area contributed by atoms with E-state index in [1.165, 1.54) is 19.3 Å². The maximum absolute atomic E-state index is 5.80. The van der Waals surface area contributed by atoms with Gasteiger partial charge in [0, 0.05) is 11.8 Å². The van der Waals surface area contributed by atoms with Crippen LogP contribution in [0.3, 0.4) is 0 Å². The number of fused-ring (bicyclic) bond motifs is 1. The number of nitrogens with one attached hydrogen (secondary N) is 1. The summed E-state index contributed by atoms with van der Waals surface area (Å²) in [5.74, 6) is 2.38. The molecule has 0 spiro atoms. The average molecular weight is 221 g/mol. The van der Waals surface area contributed by atoms with Crippen molar-refractivity contribution in [1.29, 1.82) is 0 Å². The fourth-order valence-electron chi connectivity index (χ4n) is 2.03. The van der Waals surface area contributed by atoms with Gasteiger partial charge < -0.3 is 4.98 Å². The third-order valence-corrected chi connectivity index (χ3v) is 3.52. The second-order valence-electron chi connectivity index (χ2n) is 4.24. The van der Waals surface area contributed by atoms with Gasteiger partial charge in [-0.15, -0.1) is 11.6 Å². The summed E-state index contributed by atoms with van der Waals surface area (Å²) in [6.45, 7) is 0. The van der Waals surface area contributed by atoms with Gasteiger partial charge >= 0.3 is 0 Å². The molecular formula is C12H13ClN2. The molecule has 1 fully saturated rings. The number of H-pyrrole nitrogens is 1. The molecule has 0 bridgehead atoms. The maximum Gasteiger partial charge on any atom is 0.110 e. The second-order valence-corrected chi connectivity index (χ2v) is 4.50. The molecule has 1 aliphatic carbocycles. The molecule has 3 rings (SSSR count). The van der Waals surface area contributed by atoms with Crippen LogP contribution in [0.1, 0.15) is 36.6 Å². The lowest BCUT2D eigenvalue weighted by Crippen LogP contribution is -2.10. The number of alkyl halides is 1. The van der Waals surface area contributed by atoms with Gasteiger partial charge in [0.05, 0.1) is 11.0 Å². The van der Waals surface area contributed by atoms with E-state index < -0.39 is 0 Å². The molecule has 0 saturated heterocycles. The molecule has 78 valence electrons. The summed E-state index contributed by atoms with van der Waals surface area (Å²) < 4.78 is 0. The number of aromatic nitrogens is 2. The zero-order valence-corrected chi connectivity index (χ0v) is 9.22. The Morgan fingerprint density at radius 2 is 2.27 bits per heavy atom. The van der Waals surface area contributed by atoms with Crippen molar-refractivity contribution in [2.75, 3.05) is 0 Å². The Balaban J connectivity index is 2.04. The molecule has 2 aromatic rings. The monoisotopic (exact) mass is 220 g/mol. The van der Waals surface area contributed by atoms with Crippen LogP contribution in [-0.2, 0) is 5.88 Å². The fourth-order valence-corrected chi connectivity index (χ4v) is 2.20. The van der Waals surface area contributed by atoms with Gasteiger partial charge in [0.1, 0.15) is 5.82 Å². The molecule has 15 heavy (non-hydrogen) atoms. The normalized spacial score (nSPS) is 16.9. The molecule has 0 radical (unpaired) electrons. The highest BCUT2D eigenvalue weighted by Crippen LogP contribution is 2.35. The van der Waals surface area contributed by atoms with E-state index in [0.29, 0.717) is 11.8 Å². The van der Waals surface area contributed by atoms with E-state index in [4.69, 9.17) is 11.6 Å². The standard InChI is InChI=1S/C12H13ClN2/c13-7-8-4-5-10-11(6-8)15-12(14-10)9-2-1-3-9/h4-6,9H,1-3,7H2,(H,14,15). The predicted octanol–water partition coefficient (Wildman–Crippen LogP) is 3.57. The summed E-state index contributed by atoms with van der Waals surface area (Å²) in [4.78, 5) is 8.01. The molecule has 1 saturated carbocycles. The zero-order valence-electron chi connectivity index (χ0n) is 8.46. The van der Waals surface area contributed by atoms with Crippen molar-refractivity contribution in [3.8, 4) is 0 Å². The lowest BCUT2D eigenvalue weighted by molar-refractivity contribution is 0.405. The second kappa shape index (κ2) is 3.53. The SMILES string of the molecule is ClCc1ccc2nc(C3CCC3)[nH]c2c1. The number of benzene rings is 1. The van der Waals surface area contributed by atoms with E-state index in [-0.39, 0.29) is 0 Å². The van der Waals surface area contributed by atoms with Crippen LogP contribution in [0.2, 0.25) is 0 Å². The highest BCUT2D eigenvalue weighted by molar-refractivity contribution is 6.17. The first-order valence-electron chi connectivity index (χ1n) is 5.41. The van der Waals surface area contributed by atoms with Crippen LogP contribution in [0.25, 0.3) is 11.0 Å². The molecule has 0 atom stereocenters. The van der Waals surface area contributed by atoms with Crippen LogP contribution in [0.15, 0.2) is 18.2 Å². The van der Waals surface area contributed by atoms with Gasteiger partial charge in [0.2, 0.25) is 0 Å². The molecule has 3 heteroatoms. The molecule has 1 aromatic heterocycles. The third-order valence-electron chi connectivity index (χ3n) is 3.21. The molecule has 1 aliphatic rings. The number of nitrogens with zero attached hydrogens (tertiary/aromatic N) is 1. The van der Waals surface area contributed by atoms with Gasteiger partial charge in [-0.1, -0.05) is 12.5 Å². The number of halogens is 1. The van der Waals surface area contributed by atoms with E-state index in [9.17, 15) is 0 Å². The van der Waals surface area contributed by atoms with Crippen molar-refractivity contribution in [2.24, 2.45) is 0 Å². The Kier molecular flexibility index (Phi) is 2.17. The van der Waals surface area contributed by atoms with E-state index in [1.54, 1.807) is 0 Å². The van der Waals surface area contributed by atoms with E-state index in [1.807, 2.05) is 12.1 Å². The lowest BCUT2D eigenvalue weighted by atomic mass is 9.85. The van der Waals surface area contributed by atoms with E-state index in [2.05, 4.69) is 16.0 Å². The van der Waals surface area contributed by atoms with Crippen LogP contribution >= 0.6 is 11.6 Å². The summed E-state index contributed by atoms with van der Waals surface area (Å²) in [5.41, 5.74) is 3.33. The number of hydrogen-bond donors (Lipinski definition) is 1. The Morgan fingerprint density at radius 1 is 1.40 bits per heavy atom. The molecule has 1 N–H and O–H groups in total. The molecule has 1 aromatic carbocycles. The first-order valence-corrected chi connectivity index (χ1v) is 5.95. The molecule has 0 aliphatic heterocycles. The summed E-state index contributed by atoms with van der Waals surface area (Å²) in [6.07, 6.45) is 3.90. The van der Waals surface area contributed by atoms with Crippen molar-refractivity contribution < 1.29 is 0 Å². The molecule has 1 heterocycles. The van der Waals surface area contributed by atoms with Crippen LogP contribution in [0.5, 0.6) is 0 Å². The summed E-state index contributed by atoms with van der Waals surface area (Å²) in [6, 6.07) is 6.18. The van der Waals surface area contributed by atoms with E-state index in [0.717, 1.165) is 22.4 Å². The minimum atomic E-state index is 0.563. The predicted molar refractivity (Wildman–Crippen MR) is 62.2 cm³/mol. The molecule has 2 nitrogen and oxygen atoms in total. The summed E-state index contributed by atoms with van der Waals surface area (Å²) in [7, 11) is 0. The number of aromatic amines is 1. The van der Waals surface area contributed by atoms with Crippen molar-refractivity contribution >= 4 is 22.6 Å². The average Bonchev–Trinajstić information content (AvgIpc) is 2.56. The smallest absolute Gasteiger partial charge is 0.110 e. The largest absolute Gasteiger partial charge is 0.342 e. The minimum Gasteiger partial charge on any atom is -0.342 e. The molecular weight excluding hydrogens is 208 g/mol. The van der Waals surface area contributed by atoms with Gasteiger partial charge in [-0.05, 0) is 30.5 Å². The molecule has 0 amide bonds. The Morgan fingerprint density at radius 3 is 2.93 bits per heavy atom. The fraction of sp³-hybridized carbons (Fsp3) is 0.417. The van der Waals surface area contributed by atoms with E-state index >= 15 is 0 Å². The number of rotatable bonds is 2. The van der Waals surface area contributed by atoms with Gasteiger partial charge in [-0.2, -0.15) is 0 Å². The number of hydrogen-bond acceptors (Lipinski definition) is 1. The first-order chi connectivity index (χ1) is 7.36.